The maximum atomic E-state index is 13.3. The molecule has 0 aliphatic carbocycles. The second-order valence-corrected chi connectivity index (χ2v) is 7.83. The van der Waals surface area contributed by atoms with Crippen LogP contribution in [-0.2, 0) is 17.9 Å². The minimum atomic E-state index is -0.0779. The van der Waals surface area contributed by atoms with Crippen molar-refractivity contribution in [3.8, 4) is 16.9 Å². The molecule has 0 spiro atoms. The summed E-state index contributed by atoms with van der Waals surface area (Å²) in [5, 5.41) is 3.21. The Bertz CT molecular complexity index is 1230. The average Bonchev–Trinajstić information content (AvgIpc) is 3.15. The van der Waals surface area contributed by atoms with Crippen molar-refractivity contribution in [1.82, 2.24) is 9.55 Å². The monoisotopic (exact) mass is 410 g/mol. The Morgan fingerprint density at radius 2 is 2.07 bits per heavy atom. The summed E-state index contributed by atoms with van der Waals surface area (Å²) >= 11 is 7.73. The van der Waals surface area contributed by atoms with Crippen LogP contribution in [-0.4, -0.2) is 16.3 Å². The first-order chi connectivity index (χ1) is 13.7. The van der Waals surface area contributed by atoms with E-state index in [1.54, 1.807) is 10.9 Å². The number of thiophene rings is 1. The molecule has 0 atom stereocenters. The fourth-order valence-electron chi connectivity index (χ4n) is 3.47. The van der Waals surface area contributed by atoms with Crippen molar-refractivity contribution in [2.75, 3.05) is 6.79 Å². The number of nitrogens with zero attached hydrogens (tertiary/aromatic N) is 2. The van der Waals surface area contributed by atoms with Crippen LogP contribution in [0.4, 0.5) is 0 Å². The molecule has 28 heavy (non-hydrogen) atoms. The highest BCUT2D eigenvalue weighted by Gasteiger charge is 2.18. The first kappa shape index (κ1) is 17.4. The van der Waals surface area contributed by atoms with Crippen molar-refractivity contribution < 1.29 is 9.47 Å². The van der Waals surface area contributed by atoms with Crippen molar-refractivity contribution in [3.63, 3.8) is 0 Å². The molecular weight excluding hydrogens is 396 g/mol. The van der Waals surface area contributed by atoms with E-state index in [0.717, 1.165) is 32.8 Å². The van der Waals surface area contributed by atoms with Gasteiger partial charge in [0.1, 0.15) is 10.6 Å². The van der Waals surface area contributed by atoms with Crippen LogP contribution >= 0.6 is 22.9 Å². The Labute approximate surface area is 169 Å². The molecule has 2 aromatic carbocycles. The van der Waals surface area contributed by atoms with E-state index in [2.05, 4.69) is 4.98 Å². The van der Waals surface area contributed by atoms with Crippen LogP contribution in [0.15, 0.2) is 59.0 Å². The van der Waals surface area contributed by atoms with Crippen molar-refractivity contribution >= 4 is 33.2 Å². The van der Waals surface area contributed by atoms with Gasteiger partial charge in [0.25, 0.3) is 5.56 Å². The Hall–Kier alpha value is -2.67. The van der Waals surface area contributed by atoms with Crippen LogP contribution in [0, 0.1) is 0 Å². The van der Waals surface area contributed by atoms with E-state index in [-0.39, 0.29) is 12.4 Å². The number of fused-ring (bicyclic) bond motifs is 2. The number of ether oxygens (including phenoxy) is 2. The maximum Gasteiger partial charge on any atom is 0.263 e. The molecule has 0 unspecified atom stereocenters. The number of halogens is 1. The van der Waals surface area contributed by atoms with Gasteiger partial charge in [-0.2, -0.15) is 0 Å². The van der Waals surface area contributed by atoms with Crippen LogP contribution < -0.4 is 10.3 Å². The third-order valence-electron chi connectivity index (χ3n) is 4.74. The van der Waals surface area contributed by atoms with E-state index in [4.69, 9.17) is 21.1 Å². The molecule has 4 aromatic rings. The van der Waals surface area contributed by atoms with Gasteiger partial charge >= 0.3 is 0 Å². The number of benzene rings is 2. The topological polar surface area (TPSA) is 53.4 Å². The molecule has 5 rings (SSSR count). The summed E-state index contributed by atoms with van der Waals surface area (Å²) in [4.78, 5) is 18.5. The van der Waals surface area contributed by atoms with Crippen molar-refractivity contribution in [2.24, 2.45) is 0 Å². The lowest BCUT2D eigenvalue weighted by molar-refractivity contribution is -0.0170. The molecule has 0 N–H and O–H groups in total. The van der Waals surface area contributed by atoms with Gasteiger partial charge in [-0.3, -0.25) is 9.36 Å². The first-order valence-corrected chi connectivity index (χ1v) is 10.0. The SMILES string of the molecule is O=c1c2c(-c3ccccc3)csc2ncn1Cc1cc(Cl)cc2c1OCOC2. The smallest absolute Gasteiger partial charge is 0.263 e. The summed E-state index contributed by atoms with van der Waals surface area (Å²) < 4.78 is 12.6. The molecule has 0 saturated heterocycles. The van der Waals surface area contributed by atoms with Gasteiger partial charge in [0.05, 0.1) is 24.9 Å². The van der Waals surface area contributed by atoms with E-state index >= 15 is 0 Å². The summed E-state index contributed by atoms with van der Waals surface area (Å²) in [5.41, 5.74) is 3.56. The number of hydrogen-bond acceptors (Lipinski definition) is 5. The molecule has 2 aromatic heterocycles. The maximum absolute atomic E-state index is 13.3. The first-order valence-electron chi connectivity index (χ1n) is 8.74. The number of hydrogen-bond donors (Lipinski definition) is 0. The van der Waals surface area contributed by atoms with Gasteiger partial charge in [-0.15, -0.1) is 11.3 Å². The van der Waals surface area contributed by atoms with E-state index in [1.165, 1.54) is 11.3 Å². The molecule has 5 nitrogen and oxygen atoms in total. The van der Waals surface area contributed by atoms with Gasteiger partial charge in [0.2, 0.25) is 0 Å². The molecule has 0 amide bonds. The van der Waals surface area contributed by atoms with Crippen LogP contribution in [0.3, 0.4) is 0 Å². The zero-order valence-electron chi connectivity index (χ0n) is 14.7. The molecule has 1 aliphatic heterocycles. The Kier molecular flexibility index (Phi) is 4.39. The molecule has 0 radical (unpaired) electrons. The summed E-state index contributed by atoms with van der Waals surface area (Å²) in [7, 11) is 0. The van der Waals surface area contributed by atoms with Crippen LogP contribution in [0.2, 0.25) is 5.02 Å². The molecule has 140 valence electrons. The fourth-order valence-corrected chi connectivity index (χ4v) is 4.64. The molecule has 3 heterocycles. The standard InChI is InChI=1S/C21H15ClN2O3S/c22-16-6-14(19-15(7-16)9-26-12-27-19)8-24-11-23-20-18(21(24)25)17(10-28-20)13-4-2-1-3-5-13/h1-7,10-11H,8-9,12H2. The van der Waals surface area contributed by atoms with Crippen molar-refractivity contribution in [1.29, 1.82) is 0 Å². The zero-order chi connectivity index (χ0) is 19.1. The summed E-state index contributed by atoms with van der Waals surface area (Å²) in [6.45, 7) is 0.961. The normalized spacial score (nSPS) is 13.3. The molecule has 0 saturated carbocycles. The van der Waals surface area contributed by atoms with Gasteiger partial charge in [0.15, 0.2) is 6.79 Å². The highest BCUT2D eigenvalue weighted by Crippen LogP contribution is 2.33. The second kappa shape index (κ2) is 7.05. The lowest BCUT2D eigenvalue weighted by Gasteiger charge is -2.21. The minimum absolute atomic E-state index is 0.0779. The van der Waals surface area contributed by atoms with E-state index in [0.29, 0.717) is 23.6 Å². The zero-order valence-corrected chi connectivity index (χ0v) is 16.3. The molecule has 0 bridgehead atoms. The Morgan fingerprint density at radius 1 is 1.21 bits per heavy atom. The third kappa shape index (κ3) is 2.99. The predicted molar refractivity (Wildman–Crippen MR) is 110 cm³/mol. The summed E-state index contributed by atoms with van der Waals surface area (Å²) in [5.74, 6) is 0.733. The second-order valence-electron chi connectivity index (χ2n) is 6.54. The predicted octanol–water partition coefficient (Wildman–Crippen LogP) is 4.69. The van der Waals surface area contributed by atoms with Crippen LogP contribution in [0.1, 0.15) is 11.1 Å². The van der Waals surface area contributed by atoms with Gasteiger partial charge in [-0.05, 0) is 17.7 Å². The highest BCUT2D eigenvalue weighted by molar-refractivity contribution is 7.17. The number of aromatic nitrogens is 2. The van der Waals surface area contributed by atoms with E-state index in [1.807, 2.05) is 47.8 Å². The average molecular weight is 411 g/mol. The lowest BCUT2D eigenvalue weighted by atomic mass is 10.1. The largest absolute Gasteiger partial charge is 0.467 e. The van der Waals surface area contributed by atoms with Crippen LogP contribution in [0.5, 0.6) is 5.75 Å². The van der Waals surface area contributed by atoms with Crippen molar-refractivity contribution in [2.45, 2.75) is 13.2 Å². The van der Waals surface area contributed by atoms with E-state index in [9.17, 15) is 4.79 Å². The van der Waals surface area contributed by atoms with Crippen LogP contribution in [0.25, 0.3) is 21.3 Å². The summed E-state index contributed by atoms with van der Waals surface area (Å²) in [6.07, 6.45) is 1.59. The van der Waals surface area contributed by atoms with E-state index < -0.39 is 0 Å². The lowest BCUT2D eigenvalue weighted by Crippen LogP contribution is -2.22. The minimum Gasteiger partial charge on any atom is -0.467 e. The number of rotatable bonds is 3. The Balaban J connectivity index is 1.63. The molecule has 0 fully saturated rings. The fraction of sp³-hybridized carbons (Fsp3) is 0.143. The highest BCUT2D eigenvalue weighted by atomic mass is 35.5. The van der Waals surface area contributed by atoms with Gasteiger partial charge in [0, 0.05) is 27.1 Å². The third-order valence-corrected chi connectivity index (χ3v) is 5.84. The quantitative estimate of drug-likeness (QED) is 0.491. The Morgan fingerprint density at radius 3 is 2.93 bits per heavy atom. The van der Waals surface area contributed by atoms with Gasteiger partial charge in [-0.1, -0.05) is 41.9 Å². The molecule has 1 aliphatic rings. The summed E-state index contributed by atoms with van der Waals surface area (Å²) in [6, 6.07) is 13.5. The van der Waals surface area contributed by atoms with Gasteiger partial charge < -0.3 is 9.47 Å². The molecular formula is C21H15ClN2O3S. The van der Waals surface area contributed by atoms with Crippen molar-refractivity contribution in [3.05, 3.63) is 80.7 Å². The van der Waals surface area contributed by atoms with Gasteiger partial charge in [-0.25, -0.2) is 4.98 Å². The molecule has 7 heteroatoms.